The van der Waals surface area contributed by atoms with Crippen LogP contribution < -0.4 is 11.5 Å². The van der Waals surface area contributed by atoms with E-state index in [0.717, 1.165) is 16.8 Å². The molecule has 0 aliphatic carbocycles. The first-order chi connectivity index (χ1) is 6.09. The second-order valence-corrected chi connectivity index (χ2v) is 3.27. The lowest BCUT2D eigenvalue weighted by atomic mass is 10.2. The minimum absolute atomic E-state index is 0.397. The van der Waals surface area contributed by atoms with E-state index in [-0.39, 0.29) is 0 Å². The molecule has 0 saturated heterocycles. The summed E-state index contributed by atoms with van der Waals surface area (Å²) in [6.07, 6.45) is 0. The highest BCUT2D eigenvalue weighted by Crippen LogP contribution is 2.22. The SMILES string of the molecule is Cc1cc(C)n2nc(N)c(N)c2c1. The van der Waals surface area contributed by atoms with Gasteiger partial charge in [-0.2, -0.15) is 0 Å². The smallest absolute Gasteiger partial charge is 0.169 e. The number of hydrogen-bond donors (Lipinski definition) is 2. The molecule has 0 aliphatic rings. The predicted molar refractivity (Wildman–Crippen MR) is 53.5 cm³/mol. The number of hydrogen-bond acceptors (Lipinski definition) is 3. The Kier molecular flexibility index (Phi) is 1.45. The van der Waals surface area contributed by atoms with E-state index in [1.54, 1.807) is 4.52 Å². The third-order valence-corrected chi connectivity index (χ3v) is 2.12. The fourth-order valence-electron chi connectivity index (χ4n) is 1.52. The number of rotatable bonds is 0. The first kappa shape index (κ1) is 7.91. The summed E-state index contributed by atoms with van der Waals surface area (Å²) in [4.78, 5) is 0. The summed E-state index contributed by atoms with van der Waals surface area (Å²) in [5.41, 5.74) is 15.0. The molecule has 0 radical (unpaired) electrons. The second kappa shape index (κ2) is 2.39. The number of aromatic nitrogens is 2. The van der Waals surface area contributed by atoms with Gasteiger partial charge in [-0.1, -0.05) is 0 Å². The van der Waals surface area contributed by atoms with Gasteiger partial charge in [0.2, 0.25) is 0 Å². The quantitative estimate of drug-likeness (QED) is 0.631. The topological polar surface area (TPSA) is 69.3 Å². The van der Waals surface area contributed by atoms with Gasteiger partial charge in [0, 0.05) is 5.69 Å². The zero-order valence-corrected chi connectivity index (χ0v) is 7.70. The Labute approximate surface area is 76.1 Å². The molecular formula is C9H12N4. The molecule has 2 aromatic heterocycles. The Morgan fingerprint density at radius 2 is 1.92 bits per heavy atom. The largest absolute Gasteiger partial charge is 0.394 e. The van der Waals surface area contributed by atoms with Crippen molar-refractivity contribution in [2.45, 2.75) is 13.8 Å². The van der Waals surface area contributed by atoms with Crippen molar-refractivity contribution in [3.63, 3.8) is 0 Å². The maximum Gasteiger partial charge on any atom is 0.169 e. The number of pyridine rings is 1. The average molecular weight is 176 g/mol. The molecule has 0 unspecified atom stereocenters. The minimum Gasteiger partial charge on any atom is -0.394 e. The Morgan fingerprint density at radius 1 is 1.23 bits per heavy atom. The summed E-state index contributed by atoms with van der Waals surface area (Å²) in [5.74, 6) is 0.397. The van der Waals surface area contributed by atoms with Gasteiger partial charge in [-0.3, -0.25) is 0 Å². The third-order valence-electron chi connectivity index (χ3n) is 2.12. The summed E-state index contributed by atoms with van der Waals surface area (Å²) >= 11 is 0. The molecule has 0 amide bonds. The zero-order chi connectivity index (χ0) is 9.59. The van der Waals surface area contributed by atoms with Crippen LogP contribution in [0.4, 0.5) is 11.5 Å². The summed E-state index contributed by atoms with van der Waals surface area (Å²) in [6, 6.07) is 4.02. The number of nitrogen functional groups attached to an aromatic ring is 2. The van der Waals surface area contributed by atoms with Crippen molar-refractivity contribution in [1.29, 1.82) is 0 Å². The van der Waals surface area contributed by atoms with Crippen LogP contribution in [0.2, 0.25) is 0 Å². The molecule has 0 aliphatic heterocycles. The lowest BCUT2D eigenvalue weighted by Crippen LogP contribution is -1.94. The summed E-state index contributed by atoms with van der Waals surface area (Å²) in [7, 11) is 0. The molecule has 0 spiro atoms. The summed E-state index contributed by atoms with van der Waals surface area (Å²) < 4.78 is 1.76. The molecule has 0 aromatic carbocycles. The molecule has 4 heteroatoms. The van der Waals surface area contributed by atoms with Crippen molar-refractivity contribution in [3.8, 4) is 0 Å². The summed E-state index contributed by atoms with van der Waals surface area (Å²) in [6.45, 7) is 4.00. The molecule has 2 heterocycles. The normalized spacial score (nSPS) is 10.9. The van der Waals surface area contributed by atoms with Gasteiger partial charge in [0.25, 0.3) is 0 Å². The molecule has 68 valence electrons. The van der Waals surface area contributed by atoms with Gasteiger partial charge in [-0.05, 0) is 31.5 Å². The van der Waals surface area contributed by atoms with Crippen molar-refractivity contribution < 1.29 is 0 Å². The Morgan fingerprint density at radius 3 is 2.62 bits per heavy atom. The number of nitrogens with two attached hydrogens (primary N) is 2. The monoisotopic (exact) mass is 176 g/mol. The number of fused-ring (bicyclic) bond motifs is 1. The van der Waals surface area contributed by atoms with Crippen LogP contribution in [0.3, 0.4) is 0 Å². The molecule has 2 rings (SSSR count). The van der Waals surface area contributed by atoms with Gasteiger partial charge in [0.15, 0.2) is 5.82 Å². The summed E-state index contributed by atoms with van der Waals surface area (Å²) in [5, 5.41) is 4.12. The van der Waals surface area contributed by atoms with E-state index in [2.05, 4.69) is 5.10 Å². The van der Waals surface area contributed by atoms with Crippen LogP contribution >= 0.6 is 0 Å². The number of nitrogens with zero attached hydrogens (tertiary/aromatic N) is 2. The van der Waals surface area contributed by atoms with Crippen molar-refractivity contribution >= 4 is 17.0 Å². The lowest BCUT2D eigenvalue weighted by molar-refractivity contribution is 0.916. The highest BCUT2D eigenvalue weighted by molar-refractivity contribution is 5.80. The van der Waals surface area contributed by atoms with Gasteiger partial charge < -0.3 is 11.5 Å². The van der Waals surface area contributed by atoms with Crippen molar-refractivity contribution in [2.75, 3.05) is 11.5 Å². The average Bonchev–Trinajstić information content (AvgIpc) is 2.32. The highest BCUT2D eigenvalue weighted by atomic mass is 15.3. The van der Waals surface area contributed by atoms with E-state index in [9.17, 15) is 0 Å². The van der Waals surface area contributed by atoms with Crippen LogP contribution in [0.25, 0.3) is 5.52 Å². The first-order valence-electron chi connectivity index (χ1n) is 4.10. The Bertz CT molecular complexity index is 470. The first-order valence-corrected chi connectivity index (χ1v) is 4.10. The van der Waals surface area contributed by atoms with Crippen molar-refractivity contribution in [1.82, 2.24) is 9.61 Å². The van der Waals surface area contributed by atoms with Crippen LogP contribution in [0.15, 0.2) is 12.1 Å². The second-order valence-electron chi connectivity index (χ2n) is 3.27. The lowest BCUT2D eigenvalue weighted by Gasteiger charge is -2.00. The van der Waals surface area contributed by atoms with E-state index >= 15 is 0 Å². The van der Waals surface area contributed by atoms with Crippen molar-refractivity contribution in [2.24, 2.45) is 0 Å². The highest BCUT2D eigenvalue weighted by Gasteiger charge is 2.07. The molecule has 2 aromatic rings. The molecule has 0 fully saturated rings. The van der Waals surface area contributed by atoms with Crippen molar-refractivity contribution in [3.05, 3.63) is 23.4 Å². The minimum atomic E-state index is 0.397. The molecule has 0 bridgehead atoms. The van der Waals surface area contributed by atoms with E-state index < -0.39 is 0 Å². The predicted octanol–water partition coefficient (Wildman–Crippen LogP) is 1.12. The van der Waals surface area contributed by atoms with Crippen LogP contribution in [0, 0.1) is 13.8 Å². The molecule has 0 atom stereocenters. The maximum absolute atomic E-state index is 5.77. The standard InChI is InChI=1S/C9H12N4/c1-5-3-6(2)13-7(4-5)8(10)9(11)12-13/h3-4H,10H2,1-2H3,(H2,11,12). The van der Waals surface area contributed by atoms with Gasteiger partial charge in [0.05, 0.1) is 5.52 Å². The Hall–Kier alpha value is -1.71. The van der Waals surface area contributed by atoms with E-state index in [1.165, 1.54) is 0 Å². The van der Waals surface area contributed by atoms with Gasteiger partial charge in [-0.25, -0.2) is 4.52 Å². The van der Waals surface area contributed by atoms with E-state index in [1.807, 2.05) is 26.0 Å². The van der Waals surface area contributed by atoms with Crippen LogP contribution in [0.5, 0.6) is 0 Å². The van der Waals surface area contributed by atoms with Gasteiger partial charge >= 0.3 is 0 Å². The molecule has 0 saturated carbocycles. The maximum atomic E-state index is 5.77. The Balaban J connectivity index is 2.94. The van der Waals surface area contributed by atoms with E-state index in [4.69, 9.17) is 11.5 Å². The van der Waals surface area contributed by atoms with Gasteiger partial charge in [-0.15, -0.1) is 5.10 Å². The van der Waals surface area contributed by atoms with Gasteiger partial charge in [0.1, 0.15) is 5.69 Å². The molecule has 13 heavy (non-hydrogen) atoms. The third kappa shape index (κ3) is 1.02. The fourth-order valence-corrected chi connectivity index (χ4v) is 1.52. The number of aryl methyl sites for hydroxylation is 2. The molecule has 4 nitrogen and oxygen atoms in total. The van der Waals surface area contributed by atoms with E-state index in [0.29, 0.717) is 11.5 Å². The van der Waals surface area contributed by atoms with Crippen LogP contribution in [0.1, 0.15) is 11.3 Å². The molecule has 4 N–H and O–H groups in total. The van der Waals surface area contributed by atoms with Crippen LogP contribution in [-0.2, 0) is 0 Å². The molecular weight excluding hydrogens is 164 g/mol. The van der Waals surface area contributed by atoms with Crippen LogP contribution in [-0.4, -0.2) is 9.61 Å². The zero-order valence-electron chi connectivity index (χ0n) is 7.70. The number of anilines is 2. The fraction of sp³-hybridized carbons (Fsp3) is 0.222.